The summed E-state index contributed by atoms with van der Waals surface area (Å²) in [4.78, 5) is 25.6. The van der Waals surface area contributed by atoms with Gasteiger partial charge < -0.3 is 0 Å². The van der Waals surface area contributed by atoms with Gasteiger partial charge in [0, 0.05) is 11.6 Å². The van der Waals surface area contributed by atoms with Crippen LogP contribution in [0.3, 0.4) is 0 Å². The molecule has 114 valence electrons. The smallest absolute Gasteiger partial charge is 0.247 e. The van der Waals surface area contributed by atoms with Gasteiger partial charge in [-0.05, 0) is 26.7 Å². The van der Waals surface area contributed by atoms with Crippen LogP contribution in [0.15, 0.2) is 0 Å². The van der Waals surface area contributed by atoms with Crippen molar-refractivity contribution in [1.82, 2.24) is 10.2 Å². The number of imide groups is 1. The lowest BCUT2D eigenvalue weighted by Gasteiger charge is -2.28. The van der Waals surface area contributed by atoms with E-state index in [0.29, 0.717) is 6.42 Å². The molecule has 0 spiro atoms. The fourth-order valence-electron chi connectivity index (χ4n) is 2.95. The van der Waals surface area contributed by atoms with Gasteiger partial charge in [-0.3, -0.25) is 19.8 Å². The lowest BCUT2D eigenvalue weighted by Crippen LogP contribution is -2.52. The summed E-state index contributed by atoms with van der Waals surface area (Å²) in [7, 11) is -3.03. The number of rotatable bonds is 4. The first-order valence-electron chi connectivity index (χ1n) is 7.01. The molecule has 2 rings (SSSR count). The van der Waals surface area contributed by atoms with Crippen molar-refractivity contribution in [3.8, 4) is 0 Å². The molecule has 2 aliphatic heterocycles. The van der Waals surface area contributed by atoms with E-state index in [1.807, 2.05) is 13.8 Å². The second-order valence-corrected chi connectivity index (χ2v) is 8.35. The van der Waals surface area contributed by atoms with Crippen LogP contribution < -0.4 is 5.32 Å². The summed E-state index contributed by atoms with van der Waals surface area (Å²) in [5.74, 6) is -0.233. The van der Waals surface area contributed by atoms with Crippen molar-refractivity contribution >= 4 is 21.7 Å². The maximum atomic E-state index is 12.3. The number of likely N-dealkylation sites (tertiary alicyclic amines) is 1. The molecule has 3 atom stereocenters. The number of hydrogen-bond donors (Lipinski definition) is 1. The molecule has 0 aromatic heterocycles. The Labute approximate surface area is 119 Å². The zero-order valence-corrected chi connectivity index (χ0v) is 13.0. The predicted octanol–water partition coefficient (Wildman–Crippen LogP) is 0.0792. The number of carbonyl (C=O) groups is 2. The van der Waals surface area contributed by atoms with E-state index in [4.69, 9.17) is 0 Å². The normalized spacial score (nSPS) is 34.8. The van der Waals surface area contributed by atoms with Gasteiger partial charge in [-0.15, -0.1) is 0 Å². The fourth-order valence-corrected chi connectivity index (χ4v) is 5.06. The van der Waals surface area contributed by atoms with Gasteiger partial charge in [0.25, 0.3) is 0 Å². The molecule has 6 nitrogen and oxygen atoms in total. The molecule has 3 unspecified atom stereocenters. The van der Waals surface area contributed by atoms with Gasteiger partial charge >= 0.3 is 0 Å². The van der Waals surface area contributed by atoms with Crippen molar-refractivity contribution in [3.05, 3.63) is 0 Å². The van der Waals surface area contributed by atoms with Crippen molar-refractivity contribution in [3.63, 3.8) is 0 Å². The Balaban J connectivity index is 2.09. The van der Waals surface area contributed by atoms with Crippen LogP contribution in [-0.2, 0) is 19.4 Å². The maximum absolute atomic E-state index is 12.3. The average molecular weight is 302 g/mol. The lowest BCUT2D eigenvalue weighted by atomic mass is 10.00. The van der Waals surface area contributed by atoms with E-state index in [1.54, 1.807) is 6.92 Å². The molecule has 0 aromatic rings. The Kier molecular flexibility index (Phi) is 3.94. The summed E-state index contributed by atoms with van der Waals surface area (Å²) in [5, 5.41) is 3.11. The van der Waals surface area contributed by atoms with E-state index in [0.717, 1.165) is 6.42 Å². The highest BCUT2D eigenvalue weighted by Crippen LogP contribution is 2.26. The SMILES string of the molecule is CCC(C)N1C(=O)CC(NC2(C)CCS(=O)(=O)C2)C1=O. The first-order valence-corrected chi connectivity index (χ1v) is 8.83. The van der Waals surface area contributed by atoms with Crippen LogP contribution in [0.2, 0.25) is 0 Å². The van der Waals surface area contributed by atoms with Gasteiger partial charge in [0.15, 0.2) is 9.84 Å². The number of nitrogens with one attached hydrogen (secondary N) is 1. The summed E-state index contributed by atoms with van der Waals surface area (Å²) in [6, 6.07) is -0.697. The molecule has 2 fully saturated rings. The maximum Gasteiger partial charge on any atom is 0.247 e. The third kappa shape index (κ3) is 2.88. The van der Waals surface area contributed by atoms with E-state index in [9.17, 15) is 18.0 Å². The molecular weight excluding hydrogens is 280 g/mol. The molecule has 2 heterocycles. The molecule has 2 saturated heterocycles. The van der Waals surface area contributed by atoms with Gasteiger partial charge in [0.1, 0.15) is 0 Å². The molecule has 20 heavy (non-hydrogen) atoms. The molecule has 1 N–H and O–H groups in total. The molecule has 2 aliphatic rings. The molecule has 0 saturated carbocycles. The van der Waals surface area contributed by atoms with Crippen LogP contribution in [0, 0.1) is 0 Å². The molecule has 7 heteroatoms. The fraction of sp³-hybridized carbons (Fsp3) is 0.846. The minimum absolute atomic E-state index is 0.0291. The second-order valence-electron chi connectivity index (χ2n) is 6.16. The Morgan fingerprint density at radius 1 is 1.45 bits per heavy atom. The highest BCUT2D eigenvalue weighted by Gasteiger charge is 2.46. The zero-order chi connectivity index (χ0) is 15.1. The molecule has 0 radical (unpaired) electrons. The van der Waals surface area contributed by atoms with Crippen LogP contribution in [-0.4, -0.2) is 54.3 Å². The Bertz CT molecular complexity index is 530. The van der Waals surface area contributed by atoms with Crippen LogP contribution in [0.4, 0.5) is 0 Å². The van der Waals surface area contributed by atoms with E-state index in [-0.39, 0.29) is 35.8 Å². The monoisotopic (exact) mass is 302 g/mol. The van der Waals surface area contributed by atoms with Gasteiger partial charge in [-0.1, -0.05) is 6.92 Å². The van der Waals surface area contributed by atoms with Crippen LogP contribution in [0.25, 0.3) is 0 Å². The standard InChI is InChI=1S/C13H22N2O4S/c1-4-9(2)15-11(16)7-10(12(15)17)14-13(3)5-6-20(18,19)8-13/h9-10,14H,4-8H2,1-3H3. The number of amides is 2. The van der Waals surface area contributed by atoms with E-state index in [1.165, 1.54) is 4.90 Å². The Morgan fingerprint density at radius 3 is 2.60 bits per heavy atom. The quantitative estimate of drug-likeness (QED) is 0.744. The largest absolute Gasteiger partial charge is 0.299 e. The summed E-state index contributed by atoms with van der Waals surface area (Å²) >= 11 is 0. The molecule has 2 amide bonds. The number of sulfone groups is 1. The predicted molar refractivity (Wildman–Crippen MR) is 74.8 cm³/mol. The van der Waals surface area contributed by atoms with Crippen molar-refractivity contribution in [2.24, 2.45) is 0 Å². The van der Waals surface area contributed by atoms with Crippen molar-refractivity contribution in [2.45, 2.75) is 57.7 Å². The van der Waals surface area contributed by atoms with Gasteiger partial charge in [0.05, 0.1) is 24.0 Å². The second kappa shape index (κ2) is 5.11. The Morgan fingerprint density at radius 2 is 2.10 bits per heavy atom. The number of nitrogens with zero attached hydrogens (tertiary/aromatic N) is 1. The first kappa shape index (κ1) is 15.4. The van der Waals surface area contributed by atoms with E-state index < -0.39 is 21.4 Å². The van der Waals surface area contributed by atoms with Crippen molar-refractivity contribution in [2.75, 3.05) is 11.5 Å². The minimum atomic E-state index is -3.03. The van der Waals surface area contributed by atoms with Crippen LogP contribution >= 0.6 is 0 Å². The van der Waals surface area contributed by atoms with Gasteiger partial charge in [0.2, 0.25) is 11.8 Å². The zero-order valence-electron chi connectivity index (χ0n) is 12.2. The van der Waals surface area contributed by atoms with Gasteiger partial charge in [-0.25, -0.2) is 8.42 Å². The molecular formula is C13H22N2O4S. The van der Waals surface area contributed by atoms with Gasteiger partial charge in [-0.2, -0.15) is 0 Å². The number of carbonyl (C=O) groups excluding carboxylic acids is 2. The van der Waals surface area contributed by atoms with Crippen LogP contribution in [0.5, 0.6) is 0 Å². The minimum Gasteiger partial charge on any atom is -0.299 e. The third-order valence-corrected chi connectivity index (χ3v) is 6.14. The molecule has 0 bridgehead atoms. The summed E-state index contributed by atoms with van der Waals surface area (Å²) in [6.45, 7) is 5.58. The topological polar surface area (TPSA) is 83.6 Å². The highest BCUT2D eigenvalue weighted by atomic mass is 32.2. The first-order chi connectivity index (χ1) is 9.17. The van der Waals surface area contributed by atoms with E-state index in [2.05, 4.69) is 5.32 Å². The van der Waals surface area contributed by atoms with Crippen molar-refractivity contribution < 1.29 is 18.0 Å². The van der Waals surface area contributed by atoms with E-state index >= 15 is 0 Å². The highest BCUT2D eigenvalue weighted by molar-refractivity contribution is 7.91. The third-order valence-electron chi connectivity index (χ3n) is 4.24. The molecule has 0 aliphatic carbocycles. The Hall–Kier alpha value is -0.950. The van der Waals surface area contributed by atoms with Crippen LogP contribution in [0.1, 0.15) is 40.0 Å². The molecule has 0 aromatic carbocycles. The van der Waals surface area contributed by atoms with Crippen molar-refractivity contribution in [1.29, 1.82) is 0 Å². The summed E-state index contributed by atoms with van der Waals surface area (Å²) < 4.78 is 23.2. The average Bonchev–Trinajstić information content (AvgIpc) is 2.76. The number of hydrogen-bond acceptors (Lipinski definition) is 5. The summed E-state index contributed by atoms with van der Waals surface area (Å²) in [5.41, 5.74) is -0.606. The lowest BCUT2D eigenvalue weighted by molar-refractivity contribution is -0.141. The summed E-state index contributed by atoms with van der Waals surface area (Å²) in [6.07, 6.45) is 1.32.